The van der Waals surface area contributed by atoms with Crippen molar-refractivity contribution in [1.82, 2.24) is 20.2 Å². The number of carbonyl (C=O) groups is 1. The number of anilines is 1. The molecule has 0 bridgehead atoms. The highest BCUT2D eigenvalue weighted by molar-refractivity contribution is 7.17. The molecule has 2 aliphatic rings. The van der Waals surface area contributed by atoms with E-state index >= 15 is 4.39 Å². The Labute approximate surface area is 228 Å². The van der Waals surface area contributed by atoms with E-state index in [9.17, 15) is 9.18 Å². The van der Waals surface area contributed by atoms with E-state index in [0.29, 0.717) is 42.8 Å². The van der Waals surface area contributed by atoms with Gasteiger partial charge in [-0.2, -0.15) is 9.97 Å². The summed E-state index contributed by atoms with van der Waals surface area (Å²) in [6, 6.07) is 11.4. The molecule has 2 saturated heterocycles. The number of hydrogen-bond donors (Lipinski definition) is 2. The Morgan fingerprint density at radius 1 is 1.21 bits per heavy atom. The molecule has 4 heterocycles. The predicted molar refractivity (Wildman–Crippen MR) is 151 cm³/mol. The third kappa shape index (κ3) is 4.83. The molecule has 6 rings (SSSR count). The highest BCUT2D eigenvalue weighted by Gasteiger charge is 2.49. The lowest BCUT2D eigenvalue weighted by Crippen LogP contribution is -2.43. The summed E-state index contributed by atoms with van der Waals surface area (Å²) in [5.74, 6) is -0.348. The molecule has 202 valence electrons. The van der Waals surface area contributed by atoms with E-state index in [4.69, 9.17) is 4.74 Å². The van der Waals surface area contributed by atoms with Crippen molar-refractivity contribution < 1.29 is 18.3 Å². The minimum Gasteiger partial charge on any atom is -0.461 e. The normalized spacial score (nSPS) is 20.8. The quantitative estimate of drug-likeness (QED) is 0.217. The summed E-state index contributed by atoms with van der Waals surface area (Å²) in [5, 5.41) is 9.36. The smallest absolute Gasteiger partial charge is 0.319 e. The van der Waals surface area contributed by atoms with Crippen molar-refractivity contribution in [1.29, 1.82) is 0 Å². The monoisotopic (exact) mass is 549 g/mol. The van der Waals surface area contributed by atoms with Gasteiger partial charge in [0.2, 0.25) is 5.91 Å². The Balaban J connectivity index is 1.36. The lowest BCUT2D eigenvalue weighted by atomic mass is 9.95. The number of amides is 1. The van der Waals surface area contributed by atoms with E-state index in [1.54, 1.807) is 23.5 Å². The highest BCUT2D eigenvalue weighted by atomic mass is 32.1. The van der Waals surface area contributed by atoms with E-state index in [1.165, 1.54) is 6.08 Å². The van der Waals surface area contributed by atoms with Gasteiger partial charge in [0.05, 0.1) is 5.54 Å². The standard InChI is InChI=1S/C29H29F2N5O2S/c1-2-24(37)32-11-12-33-27-22-8-7-21(19-5-3-6-23-20(19)9-14-39-23)25(31)26(22)34-28(35-27)38-17-29-10-4-13-36(29)16-18(30)15-29/h2-3,5-9,14,18H,1,4,10-13,15-17H2,(H,32,37)(H,33,34,35)/t18-,29?/m1/s1. The van der Waals surface area contributed by atoms with Crippen molar-refractivity contribution in [3.63, 3.8) is 0 Å². The lowest BCUT2D eigenvalue weighted by molar-refractivity contribution is -0.116. The van der Waals surface area contributed by atoms with Crippen LogP contribution in [0.4, 0.5) is 14.6 Å². The maximum absolute atomic E-state index is 16.2. The van der Waals surface area contributed by atoms with Crippen molar-refractivity contribution >= 4 is 44.1 Å². The Morgan fingerprint density at radius 2 is 2.10 bits per heavy atom. The minimum atomic E-state index is -0.880. The molecule has 39 heavy (non-hydrogen) atoms. The Bertz CT molecular complexity index is 1560. The molecule has 0 aliphatic carbocycles. The molecule has 2 fully saturated rings. The molecule has 2 atom stereocenters. The number of halogens is 2. The number of hydrogen-bond acceptors (Lipinski definition) is 7. The average molecular weight is 550 g/mol. The van der Waals surface area contributed by atoms with Gasteiger partial charge in [0.25, 0.3) is 0 Å². The fourth-order valence-electron chi connectivity index (χ4n) is 5.86. The van der Waals surface area contributed by atoms with Gasteiger partial charge >= 0.3 is 6.01 Å². The van der Waals surface area contributed by atoms with Gasteiger partial charge in [-0.3, -0.25) is 9.69 Å². The van der Waals surface area contributed by atoms with Gasteiger partial charge in [-0.1, -0.05) is 24.8 Å². The van der Waals surface area contributed by atoms with Crippen LogP contribution in [0.2, 0.25) is 0 Å². The summed E-state index contributed by atoms with van der Waals surface area (Å²) < 4.78 is 37.6. The zero-order valence-corrected chi connectivity index (χ0v) is 22.2. The van der Waals surface area contributed by atoms with Gasteiger partial charge in [-0.25, -0.2) is 8.78 Å². The summed E-state index contributed by atoms with van der Waals surface area (Å²) in [4.78, 5) is 22.7. The highest BCUT2D eigenvalue weighted by Crippen LogP contribution is 2.41. The number of nitrogens with zero attached hydrogens (tertiary/aromatic N) is 3. The topological polar surface area (TPSA) is 79.4 Å². The summed E-state index contributed by atoms with van der Waals surface area (Å²) in [7, 11) is 0. The first-order chi connectivity index (χ1) is 19.0. The molecule has 4 aromatic rings. The SMILES string of the molecule is C=CC(=O)NCCNc1nc(OCC23CCCN2C[C@H](F)C3)nc2c(F)c(-c3cccc4sccc34)ccc12. The van der Waals surface area contributed by atoms with Crippen LogP contribution in [0.15, 0.2) is 54.4 Å². The van der Waals surface area contributed by atoms with Gasteiger partial charge in [0, 0.05) is 47.1 Å². The van der Waals surface area contributed by atoms with Crippen molar-refractivity contribution in [2.24, 2.45) is 0 Å². The number of nitrogens with one attached hydrogen (secondary N) is 2. The Morgan fingerprint density at radius 3 is 2.97 bits per heavy atom. The second-order valence-electron chi connectivity index (χ2n) is 10.1. The molecule has 2 N–H and O–H groups in total. The van der Waals surface area contributed by atoms with E-state index in [2.05, 4.69) is 32.1 Å². The predicted octanol–water partition coefficient (Wildman–Crippen LogP) is 5.32. The number of benzene rings is 2. The summed E-state index contributed by atoms with van der Waals surface area (Å²) >= 11 is 1.61. The molecular formula is C29H29F2N5O2S. The van der Waals surface area contributed by atoms with Crippen LogP contribution < -0.4 is 15.4 Å². The average Bonchev–Trinajstić information content (AvgIpc) is 3.64. The van der Waals surface area contributed by atoms with Crippen LogP contribution >= 0.6 is 11.3 Å². The zero-order valence-electron chi connectivity index (χ0n) is 21.4. The molecule has 0 radical (unpaired) electrons. The van der Waals surface area contributed by atoms with Gasteiger partial charge < -0.3 is 15.4 Å². The van der Waals surface area contributed by atoms with Crippen LogP contribution in [-0.2, 0) is 4.79 Å². The number of carbonyl (C=O) groups excluding carboxylic acids is 1. The number of alkyl halides is 1. The maximum Gasteiger partial charge on any atom is 0.319 e. The molecule has 0 saturated carbocycles. The number of aromatic nitrogens is 2. The molecule has 2 aliphatic heterocycles. The molecule has 1 unspecified atom stereocenters. The number of fused-ring (bicyclic) bond motifs is 3. The van der Waals surface area contributed by atoms with E-state index in [-0.39, 0.29) is 29.6 Å². The lowest BCUT2D eigenvalue weighted by Gasteiger charge is -2.30. The van der Waals surface area contributed by atoms with Crippen LogP contribution in [0, 0.1) is 5.82 Å². The third-order valence-electron chi connectivity index (χ3n) is 7.71. The molecule has 2 aromatic heterocycles. The minimum absolute atomic E-state index is 0.0356. The van der Waals surface area contributed by atoms with Crippen molar-refractivity contribution in [3.8, 4) is 17.1 Å². The fourth-order valence-corrected chi connectivity index (χ4v) is 6.68. The number of thiophene rings is 1. The van der Waals surface area contributed by atoms with Gasteiger partial charge in [-0.05, 0) is 54.6 Å². The van der Waals surface area contributed by atoms with Gasteiger partial charge in [-0.15, -0.1) is 11.3 Å². The van der Waals surface area contributed by atoms with Gasteiger partial charge in [0.1, 0.15) is 24.1 Å². The first kappa shape index (κ1) is 25.6. The second kappa shape index (κ2) is 10.5. The van der Waals surface area contributed by atoms with Gasteiger partial charge in [0.15, 0.2) is 5.82 Å². The molecule has 2 aromatic carbocycles. The first-order valence-corrected chi connectivity index (χ1v) is 14.0. The number of rotatable bonds is 9. The van der Waals surface area contributed by atoms with Crippen LogP contribution in [0.25, 0.3) is 32.1 Å². The van der Waals surface area contributed by atoms with Crippen LogP contribution in [-0.4, -0.2) is 65.3 Å². The van der Waals surface area contributed by atoms with E-state index < -0.39 is 12.0 Å². The fraction of sp³-hybridized carbons (Fsp3) is 0.345. The van der Waals surface area contributed by atoms with Crippen molar-refractivity contribution in [3.05, 3.63) is 60.3 Å². The van der Waals surface area contributed by atoms with Crippen LogP contribution in [0.3, 0.4) is 0 Å². The summed E-state index contributed by atoms with van der Waals surface area (Å²) in [6.45, 7) is 5.62. The largest absolute Gasteiger partial charge is 0.461 e. The first-order valence-electron chi connectivity index (χ1n) is 13.1. The third-order valence-corrected chi connectivity index (χ3v) is 8.59. The molecule has 1 amide bonds. The zero-order chi connectivity index (χ0) is 27.0. The Hall–Kier alpha value is -3.63. The number of ether oxygens (including phenoxy) is 1. The van der Waals surface area contributed by atoms with Crippen molar-refractivity contribution in [2.45, 2.75) is 31.0 Å². The molecule has 10 heteroatoms. The van der Waals surface area contributed by atoms with E-state index in [1.807, 2.05) is 29.6 Å². The Kier molecular flexibility index (Phi) is 6.90. The van der Waals surface area contributed by atoms with Crippen LogP contribution in [0.1, 0.15) is 19.3 Å². The summed E-state index contributed by atoms with van der Waals surface area (Å²) in [5.41, 5.74) is 0.987. The molecule has 7 nitrogen and oxygen atoms in total. The van der Waals surface area contributed by atoms with Crippen LogP contribution in [0.5, 0.6) is 6.01 Å². The molecule has 0 spiro atoms. The second-order valence-corrected chi connectivity index (χ2v) is 11.0. The summed E-state index contributed by atoms with van der Waals surface area (Å²) in [6.07, 6.45) is 2.57. The maximum atomic E-state index is 16.2. The van der Waals surface area contributed by atoms with E-state index in [0.717, 1.165) is 35.0 Å². The van der Waals surface area contributed by atoms with Crippen molar-refractivity contribution in [2.75, 3.05) is 38.1 Å². The molecular weight excluding hydrogens is 520 g/mol.